The molecule has 2 N–H and O–H groups in total. The van der Waals surface area contributed by atoms with Crippen molar-refractivity contribution in [3.05, 3.63) is 35.4 Å². The Morgan fingerprint density at radius 1 is 1.09 bits per heavy atom. The van der Waals surface area contributed by atoms with Gasteiger partial charge in [0.05, 0.1) is 0 Å². The quantitative estimate of drug-likeness (QED) is 0.559. The van der Waals surface area contributed by atoms with Gasteiger partial charge >= 0.3 is 0 Å². The molecule has 0 spiro atoms. The summed E-state index contributed by atoms with van der Waals surface area (Å²) in [4.78, 5) is 0. The summed E-state index contributed by atoms with van der Waals surface area (Å²) in [5.41, 5.74) is 9.62. The summed E-state index contributed by atoms with van der Waals surface area (Å²) in [7, 11) is 0. The van der Waals surface area contributed by atoms with Crippen LogP contribution in [0, 0.1) is 0 Å². The Bertz CT molecular complexity index is 439. The molecule has 0 aromatic heterocycles. The lowest BCUT2D eigenvalue weighted by atomic mass is 9.90. The van der Waals surface area contributed by atoms with E-state index in [1.807, 2.05) is 0 Å². The third-order valence-electron chi connectivity index (χ3n) is 5.59. The normalized spacial score (nSPS) is 24.8. The lowest BCUT2D eigenvalue weighted by molar-refractivity contribution is 0.418. The molecule has 1 aliphatic carbocycles. The van der Waals surface area contributed by atoms with Crippen molar-refractivity contribution in [1.82, 2.24) is 0 Å². The molecule has 0 bridgehead atoms. The molecule has 2 unspecified atom stereocenters. The predicted molar refractivity (Wildman–Crippen MR) is 97.3 cm³/mol. The standard InChI is InChI=1S/C21H35N/c1-3-5-6-7-8-9-11-18-12-10-13-19(16-18)20-14-15-21(22,4-2)17-20/h10,12-13,16,20H,3-9,11,14-15,17,22H2,1-2H3. The van der Waals surface area contributed by atoms with Crippen LogP contribution in [0.4, 0.5) is 0 Å². The van der Waals surface area contributed by atoms with Gasteiger partial charge in [0, 0.05) is 5.54 Å². The van der Waals surface area contributed by atoms with Crippen molar-refractivity contribution in [2.45, 2.75) is 95.9 Å². The first-order chi connectivity index (χ1) is 10.7. The highest BCUT2D eigenvalue weighted by Crippen LogP contribution is 2.41. The molecule has 1 aliphatic rings. The van der Waals surface area contributed by atoms with Crippen LogP contribution in [0.15, 0.2) is 24.3 Å². The molecule has 1 fully saturated rings. The number of hydrogen-bond donors (Lipinski definition) is 1. The van der Waals surface area contributed by atoms with Gasteiger partial charge in [0.25, 0.3) is 0 Å². The fourth-order valence-electron chi connectivity index (χ4n) is 3.87. The van der Waals surface area contributed by atoms with Gasteiger partial charge in [-0.1, -0.05) is 70.2 Å². The van der Waals surface area contributed by atoms with E-state index in [2.05, 4.69) is 38.1 Å². The van der Waals surface area contributed by atoms with Gasteiger partial charge in [0.2, 0.25) is 0 Å². The van der Waals surface area contributed by atoms with Crippen molar-refractivity contribution >= 4 is 0 Å². The molecule has 1 aromatic carbocycles. The van der Waals surface area contributed by atoms with Crippen LogP contribution in [0.25, 0.3) is 0 Å². The van der Waals surface area contributed by atoms with Crippen LogP contribution < -0.4 is 5.73 Å². The van der Waals surface area contributed by atoms with Crippen molar-refractivity contribution in [2.75, 3.05) is 0 Å². The van der Waals surface area contributed by atoms with E-state index in [4.69, 9.17) is 5.73 Å². The number of benzene rings is 1. The molecule has 2 atom stereocenters. The van der Waals surface area contributed by atoms with Crippen LogP contribution in [-0.4, -0.2) is 5.54 Å². The van der Waals surface area contributed by atoms with E-state index < -0.39 is 0 Å². The first-order valence-corrected chi connectivity index (χ1v) is 9.54. The van der Waals surface area contributed by atoms with Crippen LogP contribution in [0.1, 0.15) is 95.1 Å². The fourth-order valence-corrected chi connectivity index (χ4v) is 3.87. The molecular weight excluding hydrogens is 266 g/mol. The molecule has 1 saturated carbocycles. The Hall–Kier alpha value is -0.820. The summed E-state index contributed by atoms with van der Waals surface area (Å²) >= 11 is 0. The molecule has 1 nitrogen and oxygen atoms in total. The maximum atomic E-state index is 6.46. The van der Waals surface area contributed by atoms with Gasteiger partial charge in [-0.25, -0.2) is 0 Å². The monoisotopic (exact) mass is 301 g/mol. The smallest absolute Gasteiger partial charge is 0.0157 e. The minimum atomic E-state index is 0.0972. The number of nitrogens with two attached hydrogens (primary N) is 1. The number of unbranched alkanes of at least 4 members (excludes halogenated alkanes) is 5. The minimum absolute atomic E-state index is 0.0972. The summed E-state index contributed by atoms with van der Waals surface area (Å²) in [6.07, 6.45) is 14.3. The van der Waals surface area contributed by atoms with Crippen LogP contribution in [0.2, 0.25) is 0 Å². The Morgan fingerprint density at radius 3 is 2.59 bits per heavy atom. The first kappa shape index (κ1) is 17.5. The second-order valence-corrected chi connectivity index (χ2v) is 7.42. The number of rotatable bonds is 9. The topological polar surface area (TPSA) is 26.0 Å². The second-order valence-electron chi connectivity index (χ2n) is 7.42. The molecule has 2 rings (SSSR count). The van der Waals surface area contributed by atoms with E-state index in [0.29, 0.717) is 5.92 Å². The molecule has 1 heteroatoms. The van der Waals surface area contributed by atoms with Gasteiger partial charge in [-0.3, -0.25) is 0 Å². The number of hydrogen-bond acceptors (Lipinski definition) is 1. The predicted octanol–water partition coefficient (Wildman–Crippen LogP) is 5.96. The van der Waals surface area contributed by atoms with E-state index in [1.165, 1.54) is 75.3 Å². The Balaban J connectivity index is 1.80. The minimum Gasteiger partial charge on any atom is -0.325 e. The third-order valence-corrected chi connectivity index (χ3v) is 5.59. The highest BCUT2D eigenvalue weighted by Gasteiger charge is 2.34. The Morgan fingerprint density at radius 2 is 1.86 bits per heavy atom. The van der Waals surface area contributed by atoms with Crippen molar-refractivity contribution < 1.29 is 0 Å². The van der Waals surface area contributed by atoms with Gasteiger partial charge in [-0.2, -0.15) is 0 Å². The van der Waals surface area contributed by atoms with E-state index in [-0.39, 0.29) is 5.54 Å². The van der Waals surface area contributed by atoms with E-state index in [0.717, 1.165) is 6.42 Å². The molecule has 0 aliphatic heterocycles. The molecule has 1 aromatic rings. The average molecular weight is 302 g/mol. The SMILES string of the molecule is CCCCCCCCc1cccc(C2CCC(N)(CC)C2)c1. The van der Waals surface area contributed by atoms with E-state index in [1.54, 1.807) is 0 Å². The van der Waals surface area contributed by atoms with Crippen molar-refractivity contribution in [2.24, 2.45) is 5.73 Å². The summed E-state index contributed by atoms with van der Waals surface area (Å²) in [6, 6.07) is 9.33. The number of aryl methyl sites for hydroxylation is 1. The van der Waals surface area contributed by atoms with Crippen molar-refractivity contribution in [3.63, 3.8) is 0 Å². The largest absolute Gasteiger partial charge is 0.325 e. The van der Waals surface area contributed by atoms with Crippen LogP contribution in [0.3, 0.4) is 0 Å². The molecule has 0 amide bonds. The summed E-state index contributed by atoms with van der Waals surface area (Å²) in [6.45, 7) is 4.51. The summed E-state index contributed by atoms with van der Waals surface area (Å²) < 4.78 is 0. The van der Waals surface area contributed by atoms with Gasteiger partial charge < -0.3 is 5.73 Å². The highest BCUT2D eigenvalue weighted by atomic mass is 14.8. The molecule has 22 heavy (non-hydrogen) atoms. The van der Waals surface area contributed by atoms with Crippen LogP contribution in [-0.2, 0) is 6.42 Å². The second kappa shape index (κ2) is 8.72. The molecular formula is C21H35N. The third kappa shape index (κ3) is 5.12. The lowest BCUT2D eigenvalue weighted by Gasteiger charge is -2.22. The van der Waals surface area contributed by atoms with E-state index >= 15 is 0 Å². The van der Waals surface area contributed by atoms with Crippen molar-refractivity contribution in [3.8, 4) is 0 Å². The van der Waals surface area contributed by atoms with Gasteiger partial charge in [0.1, 0.15) is 0 Å². The zero-order chi connectivity index (χ0) is 15.8. The summed E-state index contributed by atoms with van der Waals surface area (Å²) in [5.74, 6) is 0.689. The maximum absolute atomic E-state index is 6.46. The summed E-state index contributed by atoms with van der Waals surface area (Å²) in [5, 5.41) is 0. The van der Waals surface area contributed by atoms with Gasteiger partial charge in [-0.15, -0.1) is 0 Å². The van der Waals surface area contributed by atoms with Crippen molar-refractivity contribution in [1.29, 1.82) is 0 Å². The fraction of sp³-hybridized carbons (Fsp3) is 0.714. The molecule has 0 saturated heterocycles. The molecule has 124 valence electrons. The van der Waals surface area contributed by atoms with Gasteiger partial charge in [0.15, 0.2) is 0 Å². The first-order valence-electron chi connectivity index (χ1n) is 9.54. The zero-order valence-corrected chi connectivity index (χ0v) is 14.7. The average Bonchev–Trinajstić information content (AvgIpc) is 2.94. The van der Waals surface area contributed by atoms with Crippen LogP contribution in [0.5, 0.6) is 0 Å². The molecule has 0 heterocycles. The maximum Gasteiger partial charge on any atom is 0.0157 e. The Kier molecular flexibility index (Phi) is 6.95. The van der Waals surface area contributed by atoms with E-state index in [9.17, 15) is 0 Å². The highest BCUT2D eigenvalue weighted by molar-refractivity contribution is 5.28. The van der Waals surface area contributed by atoms with Gasteiger partial charge in [-0.05, 0) is 55.6 Å². The zero-order valence-electron chi connectivity index (χ0n) is 14.7. The Labute approximate surface area is 137 Å². The molecule has 0 radical (unpaired) electrons. The van der Waals surface area contributed by atoms with Crippen LogP contribution >= 0.6 is 0 Å². The lowest BCUT2D eigenvalue weighted by Crippen LogP contribution is -2.35.